The standard InChI is InChI=1S/C29H31F2IN2O4/c30-29(31,32)38-25-12-8-21(9-13-25)18-27(35)33-26(19-34-16-4-5-17-34)28(36)23-10-14-24(15-11-23)37-20-22-6-2-1-3-7-22/h1-3,6-15,26,28,36H,4-5,16-20H2,(H,33,35)/t26-,28-/m1/s1. The maximum Gasteiger partial charge on any atom is 0.451 e. The van der Waals surface area contributed by atoms with Gasteiger partial charge in [0, 0.05) is 6.54 Å². The highest BCUT2D eigenvalue weighted by Crippen LogP contribution is 2.28. The van der Waals surface area contributed by atoms with E-state index in [1.165, 1.54) is 12.1 Å². The number of halogens is 3. The number of alkyl halides is 3. The molecule has 3 aromatic carbocycles. The van der Waals surface area contributed by atoms with Crippen LogP contribution in [0, 0.1) is 0 Å². The predicted molar refractivity (Wildman–Crippen MR) is 150 cm³/mol. The quantitative estimate of drug-likeness (QED) is 0.204. The van der Waals surface area contributed by atoms with Crippen molar-refractivity contribution in [3.8, 4) is 11.5 Å². The largest absolute Gasteiger partial charge is 0.489 e. The number of ether oxygens (including phenoxy) is 2. The van der Waals surface area contributed by atoms with Crippen LogP contribution >= 0.6 is 22.6 Å². The highest BCUT2D eigenvalue weighted by molar-refractivity contribution is 14.1. The molecule has 1 amide bonds. The smallest absolute Gasteiger partial charge is 0.451 e. The summed E-state index contributed by atoms with van der Waals surface area (Å²) in [6.07, 6.45) is 1.32. The number of rotatable bonds is 12. The Morgan fingerprint density at radius 1 is 0.947 bits per heavy atom. The number of nitrogens with zero attached hydrogens (tertiary/aromatic N) is 1. The fourth-order valence-corrected chi connectivity index (χ4v) is 4.71. The van der Waals surface area contributed by atoms with E-state index in [2.05, 4.69) is 15.0 Å². The molecule has 0 bridgehead atoms. The van der Waals surface area contributed by atoms with E-state index < -0.39 is 16.3 Å². The van der Waals surface area contributed by atoms with Gasteiger partial charge < -0.3 is 24.8 Å². The molecule has 6 nitrogen and oxygen atoms in total. The molecule has 1 saturated heterocycles. The summed E-state index contributed by atoms with van der Waals surface area (Å²) in [7, 11) is 0. The highest BCUT2D eigenvalue weighted by atomic mass is 127. The number of hydrogen-bond donors (Lipinski definition) is 2. The molecule has 1 aliphatic heterocycles. The van der Waals surface area contributed by atoms with Crippen LogP contribution in [0.1, 0.15) is 35.6 Å². The summed E-state index contributed by atoms with van der Waals surface area (Å²) in [6.45, 7) is 2.82. The predicted octanol–water partition coefficient (Wildman–Crippen LogP) is 5.49. The number of hydrogen-bond acceptors (Lipinski definition) is 5. The second kappa shape index (κ2) is 13.3. The van der Waals surface area contributed by atoms with Crippen LogP contribution in [-0.2, 0) is 17.8 Å². The highest BCUT2D eigenvalue weighted by Gasteiger charge is 2.28. The first-order valence-corrected chi connectivity index (χ1v) is 13.6. The molecule has 0 radical (unpaired) electrons. The molecule has 2 atom stereocenters. The number of carbonyl (C=O) groups is 1. The summed E-state index contributed by atoms with van der Waals surface area (Å²) in [5.41, 5.74) is 2.40. The minimum atomic E-state index is -3.30. The van der Waals surface area contributed by atoms with Crippen LogP contribution in [0.4, 0.5) is 8.78 Å². The van der Waals surface area contributed by atoms with E-state index in [4.69, 9.17) is 4.74 Å². The molecule has 38 heavy (non-hydrogen) atoms. The normalized spacial score (nSPS) is 15.6. The Bertz CT molecular complexity index is 1150. The first-order chi connectivity index (χ1) is 18.2. The van der Waals surface area contributed by atoms with Crippen LogP contribution in [0.3, 0.4) is 0 Å². The first-order valence-electron chi connectivity index (χ1n) is 12.6. The second-order valence-electron chi connectivity index (χ2n) is 9.34. The van der Waals surface area contributed by atoms with E-state index in [0.29, 0.717) is 30.0 Å². The van der Waals surface area contributed by atoms with Gasteiger partial charge in [0.05, 0.1) is 35.1 Å². The molecule has 1 heterocycles. The fourth-order valence-electron chi connectivity index (χ4n) is 4.45. The summed E-state index contributed by atoms with van der Waals surface area (Å²) in [4.78, 5) is 15.1. The van der Waals surface area contributed by atoms with Crippen LogP contribution < -0.4 is 14.8 Å². The molecular weight excluding hydrogens is 605 g/mol. The van der Waals surface area contributed by atoms with Crippen LogP contribution in [-0.4, -0.2) is 45.7 Å². The van der Waals surface area contributed by atoms with Crippen molar-refractivity contribution in [2.45, 2.75) is 42.1 Å². The molecule has 4 rings (SSSR count). The molecule has 0 saturated carbocycles. The number of amides is 1. The van der Waals surface area contributed by atoms with Gasteiger partial charge in [0.1, 0.15) is 24.2 Å². The van der Waals surface area contributed by atoms with E-state index in [9.17, 15) is 18.7 Å². The number of carbonyl (C=O) groups excluding carboxylic acids is 1. The second-order valence-corrected chi connectivity index (χ2v) is 10.6. The van der Waals surface area contributed by atoms with E-state index in [0.717, 1.165) is 54.1 Å². The van der Waals surface area contributed by atoms with Crippen molar-refractivity contribution in [1.29, 1.82) is 0 Å². The minimum absolute atomic E-state index is 0.0204. The summed E-state index contributed by atoms with van der Waals surface area (Å²) >= 11 is 0.906. The van der Waals surface area contributed by atoms with Gasteiger partial charge in [-0.1, -0.05) is 54.6 Å². The molecule has 0 aliphatic carbocycles. The Hall–Kier alpha value is -2.76. The SMILES string of the molecule is O=C(Cc1ccc(OC(F)(F)I)cc1)N[C@H](CN1CCCC1)[C@H](O)c1ccc(OCc2ccccc2)cc1. The average Bonchev–Trinajstić information content (AvgIpc) is 3.41. The van der Waals surface area contributed by atoms with Crippen molar-refractivity contribution in [2.75, 3.05) is 19.6 Å². The van der Waals surface area contributed by atoms with Gasteiger partial charge in [-0.05, 0) is 66.9 Å². The zero-order valence-electron chi connectivity index (χ0n) is 20.9. The Morgan fingerprint density at radius 2 is 1.58 bits per heavy atom. The van der Waals surface area contributed by atoms with Crippen LogP contribution in [0.5, 0.6) is 11.5 Å². The topological polar surface area (TPSA) is 71.0 Å². The molecule has 1 fully saturated rings. The van der Waals surface area contributed by atoms with Gasteiger partial charge in [0.25, 0.3) is 0 Å². The number of nitrogens with one attached hydrogen (secondary N) is 1. The van der Waals surface area contributed by atoms with E-state index in [1.807, 2.05) is 54.6 Å². The molecule has 0 aromatic heterocycles. The van der Waals surface area contributed by atoms with Crippen molar-refractivity contribution in [2.24, 2.45) is 0 Å². The average molecular weight is 636 g/mol. The maximum atomic E-state index is 13.0. The molecule has 0 unspecified atom stereocenters. The van der Waals surface area contributed by atoms with Crippen LogP contribution in [0.2, 0.25) is 0 Å². The molecule has 9 heteroatoms. The summed E-state index contributed by atoms with van der Waals surface area (Å²) < 4.78 is 33.2. The Balaban J connectivity index is 1.38. The monoisotopic (exact) mass is 636 g/mol. The molecule has 202 valence electrons. The minimum Gasteiger partial charge on any atom is -0.489 e. The molecule has 2 N–H and O–H groups in total. The molecular formula is C29H31F2IN2O4. The van der Waals surface area contributed by atoms with Crippen LogP contribution in [0.15, 0.2) is 78.9 Å². The third-order valence-electron chi connectivity index (χ3n) is 6.37. The molecule has 3 aromatic rings. The van der Waals surface area contributed by atoms with Gasteiger partial charge in [-0.2, -0.15) is 8.78 Å². The van der Waals surface area contributed by atoms with Crippen molar-refractivity contribution in [3.63, 3.8) is 0 Å². The summed E-state index contributed by atoms with van der Waals surface area (Å²) in [6, 6.07) is 22.6. The van der Waals surface area contributed by atoms with Crippen molar-refractivity contribution >= 4 is 28.5 Å². The Morgan fingerprint density at radius 3 is 2.21 bits per heavy atom. The fraction of sp³-hybridized carbons (Fsp3) is 0.345. The van der Waals surface area contributed by atoms with Crippen molar-refractivity contribution in [1.82, 2.24) is 10.2 Å². The third kappa shape index (κ3) is 8.92. The number of benzene rings is 3. The van der Waals surface area contributed by atoms with Gasteiger partial charge in [-0.15, -0.1) is 0 Å². The number of aliphatic hydroxyl groups is 1. The van der Waals surface area contributed by atoms with E-state index in [1.54, 1.807) is 12.1 Å². The zero-order chi connectivity index (χ0) is 27.0. The lowest BCUT2D eigenvalue weighted by Crippen LogP contribution is -2.47. The lowest BCUT2D eigenvalue weighted by atomic mass is 10.0. The number of aliphatic hydroxyl groups excluding tert-OH is 1. The maximum absolute atomic E-state index is 13.0. The van der Waals surface area contributed by atoms with E-state index in [-0.39, 0.29) is 18.1 Å². The van der Waals surface area contributed by atoms with Crippen molar-refractivity contribution in [3.05, 3.63) is 95.6 Å². The lowest BCUT2D eigenvalue weighted by molar-refractivity contribution is -0.122. The van der Waals surface area contributed by atoms with Gasteiger partial charge in [-0.3, -0.25) is 4.79 Å². The lowest BCUT2D eigenvalue weighted by Gasteiger charge is -2.29. The summed E-state index contributed by atoms with van der Waals surface area (Å²) in [5.74, 6) is 0.453. The third-order valence-corrected chi connectivity index (χ3v) is 6.59. The van der Waals surface area contributed by atoms with Gasteiger partial charge in [0.15, 0.2) is 0 Å². The Labute approximate surface area is 235 Å². The van der Waals surface area contributed by atoms with Crippen molar-refractivity contribution < 1.29 is 28.2 Å². The number of likely N-dealkylation sites (tertiary alicyclic amines) is 1. The summed E-state index contributed by atoms with van der Waals surface area (Å²) in [5, 5.41) is 14.2. The van der Waals surface area contributed by atoms with Gasteiger partial charge >= 0.3 is 4.12 Å². The van der Waals surface area contributed by atoms with Gasteiger partial charge in [-0.25, -0.2) is 0 Å². The van der Waals surface area contributed by atoms with Gasteiger partial charge in [0.2, 0.25) is 5.91 Å². The van der Waals surface area contributed by atoms with Crippen LogP contribution in [0.25, 0.3) is 0 Å². The molecule has 0 spiro atoms. The van der Waals surface area contributed by atoms with E-state index >= 15 is 0 Å². The Kier molecular flexibility index (Phi) is 9.92. The first kappa shape index (κ1) is 28.3. The zero-order valence-corrected chi connectivity index (χ0v) is 23.0. The molecule has 1 aliphatic rings.